The Kier molecular flexibility index (Phi) is 7.10. The van der Waals surface area contributed by atoms with Crippen LogP contribution in [-0.2, 0) is 20.9 Å². The van der Waals surface area contributed by atoms with Gasteiger partial charge < -0.3 is 20.5 Å². The maximum atomic E-state index is 11.3. The average molecular weight is 266 g/mol. The van der Waals surface area contributed by atoms with Gasteiger partial charge in [-0.1, -0.05) is 12.1 Å². The van der Waals surface area contributed by atoms with Gasteiger partial charge in [0.1, 0.15) is 0 Å². The molecule has 5 nitrogen and oxygen atoms in total. The third kappa shape index (κ3) is 5.38. The first kappa shape index (κ1) is 15.6. The number of benzene rings is 1. The number of ether oxygens (including phenoxy) is 2. The molecule has 106 valence electrons. The maximum absolute atomic E-state index is 11.3. The lowest BCUT2D eigenvalue weighted by Gasteiger charge is -2.12. The minimum Gasteiger partial charge on any atom is -0.379 e. The zero-order chi connectivity index (χ0) is 14.1. The summed E-state index contributed by atoms with van der Waals surface area (Å²) in [6.07, 6.45) is 0. The van der Waals surface area contributed by atoms with Gasteiger partial charge in [0.05, 0.1) is 26.4 Å². The number of hydrogen-bond acceptors (Lipinski definition) is 4. The van der Waals surface area contributed by atoms with Crippen LogP contribution in [0.3, 0.4) is 0 Å². The van der Waals surface area contributed by atoms with Crippen molar-refractivity contribution in [1.82, 2.24) is 0 Å². The second-order valence-electron chi connectivity index (χ2n) is 4.09. The van der Waals surface area contributed by atoms with E-state index in [2.05, 4.69) is 5.32 Å². The lowest BCUT2D eigenvalue weighted by Crippen LogP contribution is -2.22. The molecule has 0 unspecified atom stereocenters. The minimum atomic E-state index is -0.197. The summed E-state index contributed by atoms with van der Waals surface area (Å²) < 4.78 is 10.7. The SMILES string of the molecule is CCOCCOCc1cccc(NC(=O)CN)c1C. The van der Waals surface area contributed by atoms with Crippen molar-refractivity contribution in [1.29, 1.82) is 0 Å². The van der Waals surface area contributed by atoms with Gasteiger partial charge in [0.25, 0.3) is 0 Å². The minimum absolute atomic E-state index is 0.0193. The molecule has 1 amide bonds. The number of anilines is 1. The Balaban J connectivity index is 2.54. The summed E-state index contributed by atoms with van der Waals surface area (Å²) in [7, 11) is 0. The van der Waals surface area contributed by atoms with Crippen molar-refractivity contribution in [2.45, 2.75) is 20.5 Å². The number of nitrogens with two attached hydrogens (primary N) is 1. The fourth-order valence-electron chi connectivity index (χ4n) is 1.62. The first-order valence-electron chi connectivity index (χ1n) is 6.43. The van der Waals surface area contributed by atoms with Crippen molar-refractivity contribution < 1.29 is 14.3 Å². The predicted molar refractivity (Wildman–Crippen MR) is 75.0 cm³/mol. The molecule has 0 saturated carbocycles. The lowest BCUT2D eigenvalue weighted by molar-refractivity contribution is -0.114. The lowest BCUT2D eigenvalue weighted by atomic mass is 10.1. The molecule has 0 saturated heterocycles. The number of carbonyl (C=O) groups is 1. The first-order chi connectivity index (χ1) is 9.19. The van der Waals surface area contributed by atoms with Crippen LogP contribution in [0.2, 0.25) is 0 Å². The molecule has 0 atom stereocenters. The molecule has 0 fully saturated rings. The Labute approximate surface area is 114 Å². The number of carbonyl (C=O) groups excluding carboxylic acids is 1. The third-order valence-corrected chi connectivity index (χ3v) is 2.74. The highest BCUT2D eigenvalue weighted by molar-refractivity contribution is 5.92. The van der Waals surface area contributed by atoms with E-state index in [-0.39, 0.29) is 12.5 Å². The zero-order valence-electron chi connectivity index (χ0n) is 11.6. The van der Waals surface area contributed by atoms with Crippen LogP contribution in [0.15, 0.2) is 18.2 Å². The molecule has 19 heavy (non-hydrogen) atoms. The predicted octanol–water partition coefficient (Wildman–Crippen LogP) is 1.45. The van der Waals surface area contributed by atoms with Crippen LogP contribution in [0, 0.1) is 6.92 Å². The van der Waals surface area contributed by atoms with Crippen LogP contribution in [0.25, 0.3) is 0 Å². The quantitative estimate of drug-likeness (QED) is 0.698. The van der Waals surface area contributed by atoms with Crippen molar-refractivity contribution in [3.63, 3.8) is 0 Å². The Bertz CT molecular complexity index is 408. The molecule has 0 aliphatic carbocycles. The zero-order valence-corrected chi connectivity index (χ0v) is 11.6. The van der Waals surface area contributed by atoms with Gasteiger partial charge in [0, 0.05) is 12.3 Å². The molecule has 0 radical (unpaired) electrons. The van der Waals surface area contributed by atoms with E-state index in [4.69, 9.17) is 15.2 Å². The number of nitrogens with one attached hydrogen (secondary N) is 1. The number of amides is 1. The fraction of sp³-hybridized carbons (Fsp3) is 0.500. The van der Waals surface area contributed by atoms with Crippen LogP contribution in [0.4, 0.5) is 5.69 Å². The number of hydrogen-bond donors (Lipinski definition) is 2. The second kappa shape index (κ2) is 8.63. The highest BCUT2D eigenvalue weighted by atomic mass is 16.5. The van der Waals surface area contributed by atoms with Gasteiger partial charge in [-0.25, -0.2) is 0 Å². The summed E-state index contributed by atoms with van der Waals surface area (Å²) in [5, 5.41) is 2.77. The Morgan fingerprint density at radius 1 is 1.32 bits per heavy atom. The molecule has 0 heterocycles. The first-order valence-corrected chi connectivity index (χ1v) is 6.43. The Morgan fingerprint density at radius 3 is 2.74 bits per heavy atom. The van der Waals surface area contributed by atoms with Gasteiger partial charge >= 0.3 is 0 Å². The van der Waals surface area contributed by atoms with E-state index in [1.54, 1.807) is 0 Å². The van der Waals surface area contributed by atoms with Crippen LogP contribution < -0.4 is 11.1 Å². The van der Waals surface area contributed by atoms with Gasteiger partial charge in [-0.05, 0) is 31.0 Å². The molecule has 5 heteroatoms. The van der Waals surface area contributed by atoms with Gasteiger partial charge in [0.15, 0.2) is 0 Å². The van der Waals surface area contributed by atoms with Gasteiger partial charge in [-0.15, -0.1) is 0 Å². The van der Waals surface area contributed by atoms with Crippen molar-refractivity contribution >= 4 is 11.6 Å². The largest absolute Gasteiger partial charge is 0.379 e. The summed E-state index contributed by atoms with van der Waals surface area (Å²) >= 11 is 0. The molecule has 3 N–H and O–H groups in total. The van der Waals surface area contributed by atoms with Gasteiger partial charge in [-0.3, -0.25) is 4.79 Å². The summed E-state index contributed by atoms with van der Waals surface area (Å²) in [5.41, 5.74) is 8.11. The van der Waals surface area contributed by atoms with E-state index in [0.29, 0.717) is 26.4 Å². The maximum Gasteiger partial charge on any atom is 0.238 e. The molecule has 0 aliphatic rings. The topological polar surface area (TPSA) is 73.6 Å². The van der Waals surface area contributed by atoms with E-state index in [9.17, 15) is 4.79 Å². The second-order valence-corrected chi connectivity index (χ2v) is 4.09. The van der Waals surface area contributed by atoms with E-state index in [1.165, 1.54) is 0 Å². The normalized spacial score (nSPS) is 10.5. The van der Waals surface area contributed by atoms with Crippen LogP contribution >= 0.6 is 0 Å². The van der Waals surface area contributed by atoms with E-state index in [1.807, 2.05) is 32.0 Å². The monoisotopic (exact) mass is 266 g/mol. The fourth-order valence-corrected chi connectivity index (χ4v) is 1.62. The smallest absolute Gasteiger partial charge is 0.238 e. The van der Waals surface area contributed by atoms with E-state index >= 15 is 0 Å². The molecule has 1 aromatic carbocycles. The van der Waals surface area contributed by atoms with Gasteiger partial charge in [0.2, 0.25) is 5.91 Å². The highest BCUT2D eigenvalue weighted by Crippen LogP contribution is 2.19. The summed E-state index contributed by atoms with van der Waals surface area (Å²) in [5.74, 6) is -0.197. The van der Waals surface area contributed by atoms with E-state index in [0.717, 1.165) is 16.8 Å². The summed E-state index contributed by atoms with van der Waals surface area (Å²) in [6, 6.07) is 5.72. The van der Waals surface area contributed by atoms with Crippen LogP contribution in [0.5, 0.6) is 0 Å². The van der Waals surface area contributed by atoms with Crippen molar-refractivity contribution in [2.75, 3.05) is 31.7 Å². The Hall–Kier alpha value is -1.43. The summed E-state index contributed by atoms with van der Waals surface area (Å²) in [4.78, 5) is 11.3. The average Bonchev–Trinajstić information content (AvgIpc) is 2.42. The summed E-state index contributed by atoms with van der Waals surface area (Å²) in [6.45, 7) is 6.25. The molecule has 0 aliphatic heterocycles. The molecule has 1 rings (SSSR count). The molecule has 0 bridgehead atoms. The Morgan fingerprint density at radius 2 is 2.05 bits per heavy atom. The number of rotatable bonds is 8. The van der Waals surface area contributed by atoms with Crippen molar-refractivity contribution in [2.24, 2.45) is 5.73 Å². The molecule has 0 aromatic heterocycles. The van der Waals surface area contributed by atoms with Crippen LogP contribution in [0.1, 0.15) is 18.1 Å². The van der Waals surface area contributed by atoms with Gasteiger partial charge in [-0.2, -0.15) is 0 Å². The molecular weight excluding hydrogens is 244 g/mol. The third-order valence-electron chi connectivity index (χ3n) is 2.74. The van der Waals surface area contributed by atoms with Crippen molar-refractivity contribution in [3.05, 3.63) is 29.3 Å². The molecule has 0 spiro atoms. The van der Waals surface area contributed by atoms with Crippen LogP contribution in [-0.4, -0.2) is 32.3 Å². The van der Waals surface area contributed by atoms with Crippen molar-refractivity contribution in [3.8, 4) is 0 Å². The molecule has 1 aromatic rings. The molecular formula is C14H22N2O3. The standard InChI is InChI=1S/C14H22N2O3/c1-3-18-7-8-19-10-12-5-4-6-13(11(12)2)16-14(17)9-15/h4-6H,3,7-10,15H2,1-2H3,(H,16,17). The van der Waals surface area contributed by atoms with E-state index < -0.39 is 0 Å². The highest BCUT2D eigenvalue weighted by Gasteiger charge is 2.06.